The number of aromatic nitrogens is 2. The predicted molar refractivity (Wildman–Crippen MR) is 41.5 cm³/mol. The summed E-state index contributed by atoms with van der Waals surface area (Å²) in [6.07, 6.45) is 4.76. The summed E-state index contributed by atoms with van der Waals surface area (Å²) in [5.41, 5.74) is 0. The van der Waals surface area contributed by atoms with Crippen LogP contribution in [0.1, 0.15) is 0 Å². The van der Waals surface area contributed by atoms with Gasteiger partial charge in [-0.1, -0.05) is 0 Å². The number of hydrogen-bond donors (Lipinski definition) is 1. The van der Waals surface area contributed by atoms with Crippen LogP contribution in [-0.4, -0.2) is 30.2 Å². The molecule has 0 spiro atoms. The highest BCUT2D eigenvalue weighted by Gasteiger charge is 1.89. The summed E-state index contributed by atoms with van der Waals surface area (Å²) >= 11 is 0. The van der Waals surface area contributed by atoms with Gasteiger partial charge in [-0.3, -0.25) is 0 Å². The first-order valence-corrected chi connectivity index (χ1v) is 3.46. The maximum Gasteiger partial charge on any atom is 0.155 e. The van der Waals surface area contributed by atoms with Crippen LogP contribution in [0.2, 0.25) is 0 Å². The summed E-state index contributed by atoms with van der Waals surface area (Å²) in [6, 6.07) is 0. The summed E-state index contributed by atoms with van der Waals surface area (Å²) in [6.45, 7) is 1.47. The van der Waals surface area contributed by atoms with Gasteiger partial charge in [0.2, 0.25) is 0 Å². The van der Waals surface area contributed by atoms with E-state index >= 15 is 0 Å². The normalized spacial score (nSPS) is 9.55. The van der Waals surface area contributed by atoms with Crippen molar-refractivity contribution in [3.8, 4) is 5.75 Å². The van der Waals surface area contributed by atoms with E-state index in [1.54, 1.807) is 12.4 Å². The molecule has 4 heteroatoms. The average Bonchev–Trinajstić information content (AvgIpc) is 2.07. The number of rotatable bonds is 4. The van der Waals surface area contributed by atoms with Crippen LogP contribution in [0.25, 0.3) is 0 Å². The van der Waals surface area contributed by atoms with Gasteiger partial charge in [0, 0.05) is 6.54 Å². The van der Waals surface area contributed by atoms with E-state index in [0.717, 1.165) is 6.54 Å². The van der Waals surface area contributed by atoms with Crippen LogP contribution < -0.4 is 10.1 Å². The zero-order chi connectivity index (χ0) is 7.94. The minimum atomic E-state index is 0.643. The van der Waals surface area contributed by atoms with Crippen LogP contribution in [0.4, 0.5) is 0 Å². The SMILES string of the molecule is CNCCOc1cncnc1. The molecule has 1 aromatic rings. The van der Waals surface area contributed by atoms with Crippen molar-refractivity contribution in [2.45, 2.75) is 0 Å². The topological polar surface area (TPSA) is 47.0 Å². The average molecular weight is 153 g/mol. The molecule has 0 unspecified atom stereocenters. The van der Waals surface area contributed by atoms with Crippen molar-refractivity contribution in [2.75, 3.05) is 20.2 Å². The number of nitrogens with zero attached hydrogens (tertiary/aromatic N) is 2. The summed E-state index contributed by atoms with van der Waals surface area (Å²) in [7, 11) is 1.88. The van der Waals surface area contributed by atoms with Crippen LogP contribution in [0, 0.1) is 0 Å². The number of likely N-dealkylation sites (N-methyl/N-ethyl adjacent to an activating group) is 1. The first-order valence-electron chi connectivity index (χ1n) is 3.46. The van der Waals surface area contributed by atoms with Gasteiger partial charge >= 0.3 is 0 Å². The molecule has 0 saturated heterocycles. The second kappa shape index (κ2) is 4.62. The molecule has 0 fully saturated rings. The highest BCUT2D eigenvalue weighted by Crippen LogP contribution is 2.02. The first kappa shape index (κ1) is 7.94. The lowest BCUT2D eigenvalue weighted by atomic mass is 10.6. The van der Waals surface area contributed by atoms with Crippen molar-refractivity contribution in [1.82, 2.24) is 15.3 Å². The molecular weight excluding hydrogens is 142 g/mol. The Hall–Kier alpha value is -1.16. The third-order valence-corrected chi connectivity index (χ3v) is 1.16. The highest BCUT2D eigenvalue weighted by atomic mass is 16.5. The summed E-state index contributed by atoms with van der Waals surface area (Å²) in [5, 5.41) is 2.97. The van der Waals surface area contributed by atoms with Crippen molar-refractivity contribution in [1.29, 1.82) is 0 Å². The Bertz CT molecular complexity index is 190. The Morgan fingerprint density at radius 1 is 1.45 bits per heavy atom. The van der Waals surface area contributed by atoms with Crippen LogP contribution in [0.5, 0.6) is 5.75 Å². The Kier molecular flexibility index (Phi) is 3.34. The molecule has 60 valence electrons. The minimum absolute atomic E-state index is 0.643. The molecule has 1 heterocycles. The zero-order valence-electron chi connectivity index (χ0n) is 6.45. The van der Waals surface area contributed by atoms with E-state index in [1.165, 1.54) is 6.33 Å². The molecule has 11 heavy (non-hydrogen) atoms. The second-order valence-corrected chi connectivity index (χ2v) is 2.03. The number of nitrogens with one attached hydrogen (secondary N) is 1. The van der Waals surface area contributed by atoms with Gasteiger partial charge in [0.05, 0.1) is 12.4 Å². The van der Waals surface area contributed by atoms with Crippen molar-refractivity contribution in [2.24, 2.45) is 0 Å². The summed E-state index contributed by atoms with van der Waals surface area (Å²) in [5.74, 6) is 0.711. The number of ether oxygens (including phenoxy) is 1. The fraction of sp³-hybridized carbons (Fsp3) is 0.429. The Balaban J connectivity index is 2.28. The molecule has 0 saturated carbocycles. The monoisotopic (exact) mass is 153 g/mol. The molecule has 0 amide bonds. The van der Waals surface area contributed by atoms with E-state index in [1.807, 2.05) is 7.05 Å². The maximum atomic E-state index is 5.26. The molecule has 1 rings (SSSR count). The molecular formula is C7H11N3O. The zero-order valence-corrected chi connectivity index (χ0v) is 6.45. The Labute approximate surface area is 65.6 Å². The van der Waals surface area contributed by atoms with Crippen molar-refractivity contribution >= 4 is 0 Å². The highest BCUT2D eigenvalue weighted by molar-refractivity contribution is 5.09. The molecule has 0 atom stereocenters. The van der Waals surface area contributed by atoms with Gasteiger partial charge in [-0.05, 0) is 7.05 Å². The van der Waals surface area contributed by atoms with Crippen LogP contribution in [0.15, 0.2) is 18.7 Å². The van der Waals surface area contributed by atoms with Crippen LogP contribution in [-0.2, 0) is 0 Å². The summed E-state index contributed by atoms with van der Waals surface area (Å²) in [4.78, 5) is 7.61. The van der Waals surface area contributed by atoms with E-state index in [-0.39, 0.29) is 0 Å². The van der Waals surface area contributed by atoms with Crippen LogP contribution in [0.3, 0.4) is 0 Å². The first-order chi connectivity index (χ1) is 5.43. The van der Waals surface area contributed by atoms with E-state index in [0.29, 0.717) is 12.4 Å². The molecule has 0 radical (unpaired) electrons. The van der Waals surface area contributed by atoms with Crippen molar-refractivity contribution in [3.05, 3.63) is 18.7 Å². The molecule has 0 bridgehead atoms. The van der Waals surface area contributed by atoms with Gasteiger partial charge in [0.15, 0.2) is 5.75 Å². The van der Waals surface area contributed by atoms with E-state index in [4.69, 9.17) is 4.74 Å². The Morgan fingerprint density at radius 3 is 2.82 bits per heavy atom. The fourth-order valence-electron chi connectivity index (χ4n) is 0.631. The van der Waals surface area contributed by atoms with Gasteiger partial charge in [-0.15, -0.1) is 0 Å². The van der Waals surface area contributed by atoms with Gasteiger partial charge in [-0.25, -0.2) is 9.97 Å². The van der Waals surface area contributed by atoms with Crippen molar-refractivity contribution < 1.29 is 4.74 Å². The van der Waals surface area contributed by atoms with Gasteiger partial charge in [0.1, 0.15) is 12.9 Å². The molecule has 1 aromatic heterocycles. The Morgan fingerprint density at radius 2 is 2.18 bits per heavy atom. The quantitative estimate of drug-likeness (QED) is 0.622. The number of hydrogen-bond acceptors (Lipinski definition) is 4. The molecule has 0 aromatic carbocycles. The van der Waals surface area contributed by atoms with E-state index in [2.05, 4.69) is 15.3 Å². The second-order valence-electron chi connectivity index (χ2n) is 2.03. The lowest BCUT2D eigenvalue weighted by molar-refractivity contribution is 0.316. The molecule has 1 N–H and O–H groups in total. The van der Waals surface area contributed by atoms with Gasteiger partial charge in [0.25, 0.3) is 0 Å². The van der Waals surface area contributed by atoms with Crippen molar-refractivity contribution in [3.63, 3.8) is 0 Å². The summed E-state index contributed by atoms with van der Waals surface area (Å²) < 4.78 is 5.26. The van der Waals surface area contributed by atoms with Gasteiger partial charge < -0.3 is 10.1 Å². The molecule has 0 aliphatic rings. The molecule has 0 aliphatic heterocycles. The van der Waals surface area contributed by atoms with Gasteiger partial charge in [-0.2, -0.15) is 0 Å². The fourth-order valence-corrected chi connectivity index (χ4v) is 0.631. The molecule has 0 aliphatic carbocycles. The standard InChI is InChI=1S/C7H11N3O/c1-8-2-3-11-7-4-9-6-10-5-7/h4-6,8H,2-3H2,1H3. The van der Waals surface area contributed by atoms with E-state index in [9.17, 15) is 0 Å². The third kappa shape index (κ3) is 2.95. The third-order valence-electron chi connectivity index (χ3n) is 1.16. The smallest absolute Gasteiger partial charge is 0.155 e. The minimum Gasteiger partial charge on any atom is -0.489 e. The van der Waals surface area contributed by atoms with E-state index < -0.39 is 0 Å². The largest absolute Gasteiger partial charge is 0.489 e. The molecule has 4 nitrogen and oxygen atoms in total. The maximum absolute atomic E-state index is 5.26. The lowest BCUT2D eigenvalue weighted by Gasteiger charge is -2.02. The van der Waals surface area contributed by atoms with Crippen LogP contribution >= 0.6 is 0 Å². The predicted octanol–water partition coefficient (Wildman–Crippen LogP) is 0.0748. The lowest BCUT2D eigenvalue weighted by Crippen LogP contribution is -2.15.